The molecule has 0 saturated heterocycles. The normalized spacial score (nSPS) is 11.9. The molecule has 5 nitrogen and oxygen atoms in total. The summed E-state index contributed by atoms with van der Waals surface area (Å²) in [5.41, 5.74) is 12.6. The van der Waals surface area contributed by atoms with Crippen molar-refractivity contribution in [1.29, 1.82) is 0 Å². The van der Waals surface area contributed by atoms with Crippen LogP contribution in [0.4, 0.5) is 11.5 Å². The van der Waals surface area contributed by atoms with Crippen LogP contribution in [0, 0.1) is 0 Å². The number of nitrogens with two attached hydrogens (primary N) is 2. The van der Waals surface area contributed by atoms with E-state index in [-0.39, 0.29) is 11.7 Å². The summed E-state index contributed by atoms with van der Waals surface area (Å²) in [6.45, 7) is 1.93. The first-order valence-corrected chi connectivity index (χ1v) is 6.44. The second kappa shape index (κ2) is 5.79. The van der Waals surface area contributed by atoms with Gasteiger partial charge in [0.1, 0.15) is 5.69 Å². The maximum atomic E-state index is 11.1. The Hall–Kier alpha value is -2.27. The quantitative estimate of drug-likeness (QED) is 0.806. The molecule has 1 aromatic carbocycles. The Morgan fingerprint density at radius 2 is 2.00 bits per heavy atom. The SMILES string of the molecule is CC(Nc1nc(C(N)=O)ccc1N)c1ccccc1Cl. The zero-order valence-electron chi connectivity index (χ0n) is 10.9. The summed E-state index contributed by atoms with van der Waals surface area (Å²) in [6, 6.07) is 10.5. The topological polar surface area (TPSA) is 94.0 Å². The summed E-state index contributed by atoms with van der Waals surface area (Å²) in [6.07, 6.45) is 0. The van der Waals surface area contributed by atoms with Crippen LogP contribution >= 0.6 is 11.6 Å². The third kappa shape index (κ3) is 3.00. The Morgan fingerprint density at radius 1 is 1.30 bits per heavy atom. The van der Waals surface area contributed by atoms with Crippen LogP contribution in [0.25, 0.3) is 0 Å². The van der Waals surface area contributed by atoms with E-state index in [1.165, 1.54) is 6.07 Å². The average molecular weight is 291 g/mol. The number of nitrogens with one attached hydrogen (secondary N) is 1. The molecule has 0 radical (unpaired) electrons. The number of nitrogens with zero attached hydrogens (tertiary/aromatic N) is 1. The van der Waals surface area contributed by atoms with Crippen LogP contribution < -0.4 is 16.8 Å². The van der Waals surface area contributed by atoms with Crippen molar-refractivity contribution in [3.05, 3.63) is 52.7 Å². The minimum absolute atomic E-state index is 0.110. The summed E-state index contributed by atoms with van der Waals surface area (Å²) < 4.78 is 0. The van der Waals surface area contributed by atoms with Crippen LogP contribution in [0.1, 0.15) is 29.0 Å². The summed E-state index contributed by atoms with van der Waals surface area (Å²) in [7, 11) is 0. The summed E-state index contributed by atoms with van der Waals surface area (Å²) in [5.74, 6) is -0.188. The number of rotatable bonds is 4. The first-order valence-electron chi connectivity index (χ1n) is 6.06. The number of halogens is 1. The molecule has 0 saturated carbocycles. The minimum atomic E-state index is -0.599. The van der Waals surface area contributed by atoms with Gasteiger partial charge >= 0.3 is 0 Å². The van der Waals surface area contributed by atoms with Gasteiger partial charge in [0.05, 0.1) is 11.7 Å². The van der Waals surface area contributed by atoms with E-state index in [0.29, 0.717) is 16.5 Å². The van der Waals surface area contributed by atoms with Crippen LogP contribution in [0.15, 0.2) is 36.4 Å². The Kier molecular flexibility index (Phi) is 4.10. The summed E-state index contributed by atoms with van der Waals surface area (Å²) in [4.78, 5) is 15.3. The van der Waals surface area contributed by atoms with Gasteiger partial charge < -0.3 is 16.8 Å². The van der Waals surface area contributed by atoms with Gasteiger partial charge in [-0.05, 0) is 30.7 Å². The van der Waals surface area contributed by atoms with E-state index < -0.39 is 5.91 Å². The van der Waals surface area contributed by atoms with Crippen molar-refractivity contribution >= 4 is 29.0 Å². The highest BCUT2D eigenvalue weighted by atomic mass is 35.5. The van der Waals surface area contributed by atoms with Crippen LogP contribution in [0.5, 0.6) is 0 Å². The number of hydrogen-bond donors (Lipinski definition) is 3. The van der Waals surface area contributed by atoms with Gasteiger partial charge in [-0.1, -0.05) is 29.8 Å². The average Bonchev–Trinajstić information content (AvgIpc) is 2.41. The van der Waals surface area contributed by atoms with E-state index in [1.807, 2.05) is 31.2 Å². The maximum absolute atomic E-state index is 11.1. The molecule has 1 heterocycles. The van der Waals surface area contributed by atoms with Crippen LogP contribution in [-0.4, -0.2) is 10.9 Å². The van der Waals surface area contributed by atoms with E-state index in [9.17, 15) is 4.79 Å². The van der Waals surface area contributed by atoms with Crippen molar-refractivity contribution in [3.63, 3.8) is 0 Å². The molecule has 6 heteroatoms. The number of primary amides is 1. The lowest BCUT2D eigenvalue weighted by Gasteiger charge is -2.17. The predicted molar refractivity (Wildman–Crippen MR) is 80.7 cm³/mol. The highest BCUT2D eigenvalue weighted by molar-refractivity contribution is 6.31. The number of aromatic nitrogens is 1. The fraction of sp³-hybridized carbons (Fsp3) is 0.143. The highest BCUT2D eigenvalue weighted by Gasteiger charge is 2.13. The third-order valence-corrected chi connectivity index (χ3v) is 3.25. The first kappa shape index (κ1) is 14.1. The standard InChI is InChI=1S/C14H15ClN4O/c1-8(9-4-2-3-5-10(9)15)18-14-11(16)6-7-12(19-14)13(17)20/h2-8H,16H2,1H3,(H2,17,20)(H,18,19). The number of hydrogen-bond acceptors (Lipinski definition) is 4. The van der Waals surface area contributed by atoms with Gasteiger partial charge in [-0.3, -0.25) is 4.79 Å². The highest BCUT2D eigenvalue weighted by Crippen LogP contribution is 2.27. The Bertz CT molecular complexity index is 645. The molecule has 2 rings (SSSR count). The molecule has 20 heavy (non-hydrogen) atoms. The second-order valence-corrected chi connectivity index (χ2v) is 4.79. The third-order valence-electron chi connectivity index (χ3n) is 2.90. The van der Waals surface area contributed by atoms with E-state index >= 15 is 0 Å². The zero-order valence-corrected chi connectivity index (χ0v) is 11.7. The lowest BCUT2D eigenvalue weighted by Crippen LogP contribution is -2.16. The number of pyridine rings is 1. The lowest BCUT2D eigenvalue weighted by atomic mass is 10.1. The molecule has 0 bridgehead atoms. The van der Waals surface area contributed by atoms with Gasteiger partial charge in [0.2, 0.25) is 0 Å². The molecule has 1 atom stereocenters. The molecule has 5 N–H and O–H groups in total. The molecule has 0 aliphatic heterocycles. The van der Waals surface area contributed by atoms with Crippen LogP contribution in [0.2, 0.25) is 5.02 Å². The first-order chi connectivity index (χ1) is 9.49. The van der Waals surface area contributed by atoms with E-state index in [2.05, 4.69) is 10.3 Å². The second-order valence-electron chi connectivity index (χ2n) is 4.39. The van der Waals surface area contributed by atoms with Gasteiger partial charge in [-0.2, -0.15) is 0 Å². The number of nitrogen functional groups attached to an aromatic ring is 1. The van der Waals surface area contributed by atoms with Crippen molar-refractivity contribution in [2.75, 3.05) is 11.1 Å². The number of carbonyl (C=O) groups is 1. The van der Waals surface area contributed by atoms with E-state index in [4.69, 9.17) is 23.1 Å². The van der Waals surface area contributed by atoms with Crippen LogP contribution in [0.3, 0.4) is 0 Å². The van der Waals surface area contributed by atoms with E-state index in [0.717, 1.165) is 5.56 Å². The molecule has 0 fully saturated rings. The summed E-state index contributed by atoms with van der Waals surface area (Å²) in [5, 5.41) is 3.78. The molecular formula is C14H15ClN4O. The predicted octanol–water partition coefficient (Wildman–Crippen LogP) is 2.59. The van der Waals surface area contributed by atoms with Gasteiger partial charge in [-0.25, -0.2) is 4.98 Å². The fourth-order valence-corrected chi connectivity index (χ4v) is 2.13. The van der Waals surface area contributed by atoms with E-state index in [1.54, 1.807) is 6.07 Å². The monoisotopic (exact) mass is 290 g/mol. The van der Waals surface area contributed by atoms with Crippen molar-refractivity contribution in [2.45, 2.75) is 13.0 Å². The molecule has 1 aromatic heterocycles. The van der Waals surface area contributed by atoms with Gasteiger partial charge in [0, 0.05) is 5.02 Å². The number of benzene rings is 1. The van der Waals surface area contributed by atoms with Crippen molar-refractivity contribution in [2.24, 2.45) is 5.73 Å². The Balaban J connectivity index is 2.28. The number of carbonyl (C=O) groups excluding carboxylic acids is 1. The van der Waals surface area contributed by atoms with Crippen molar-refractivity contribution in [1.82, 2.24) is 4.98 Å². The largest absolute Gasteiger partial charge is 0.396 e. The molecule has 104 valence electrons. The Morgan fingerprint density at radius 3 is 2.65 bits per heavy atom. The summed E-state index contributed by atoms with van der Waals surface area (Å²) >= 11 is 6.14. The lowest BCUT2D eigenvalue weighted by molar-refractivity contribution is 0.0995. The molecule has 2 aromatic rings. The number of amides is 1. The Labute approximate surface area is 121 Å². The fourth-order valence-electron chi connectivity index (χ4n) is 1.83. The molecule has 1 unspecified atom stereocenters. The smallest absolute Gasteiger partial charge is 0.267 e. The molecule has 0 spiro atoms. The van der Waals surface area contributed by atoms with Crippen LogP contribution in [-0.2, 0) is 0 Å². The minimum Gasteiger partial charge on any atom is -0.396 e. The molecular weight excluding hydrogens is 276 g/mol. The van der Waals surface area contributed by atoms with Crippen molar-refractivity contribution in [3.8, 4) is 0 Å². The maximum Gasteiger partial charge on any atom is 0.267 e. The number of anilines is 2. The van der Waals surface area contributed by atoms with Gasteiger partial charge in [0.25, 0.3) is 5.91 Å². The molecule has 0 aliphatic rings. The van der Waals surface area contributed by atoms with Gasteiger partial charge in [-0.15, -0.1) is 0 Å². The van der Waals surface area contributed by atoms with Gasteiger partial charge in [0.15, 0.2) is 5.82 Å². The van der Waals surface area contributed by atoms with Crippen molar-refractivity contribution < 1.29 is 4.79 Å². The molecule has 0 aliphatic carbocycles. The zero-order chi connectivity index (χ0) is 14.7. The molecule has 1 amide bonds.